The Morgan fingerprint density at radius 2 is 2.11 bits per heavy atom. The second-order valence-corrected chi connectivity index (χ2v) is 6.12. The Hall–Kier alpha value is -1.35. The molecule has 0 bridgehead atoms. The molecule has 0 aromatic carbocycles. The van der Waals surface area contributed by atoms with Crippen LogP contribution in [0.2, 0.25) is 0 Å². The van der Waals surface area contributed by atoms with Gasteiger partial charge in [0, 0.05) is 36.4 Å². The van der Waals surface area contributed by atoms with Crippen molar-refractivity contribution in [3.8, 4) is 0 Å². The molecule has 3 heteroatoms. The molecule has 106 valence electrons. The first kappa shape index (κ1) is 15.7. The van der Waals surface area contributed by atoms with Crippen molar-refractivity contribution in [2.45, 2.75) is 52.7 Å². The number of hydrogen-bond acceptors (Lipinski definition) is 3. The molecule has 0 unspecified atom stereocenters. The summed E-state index contributed by atoms with van der Waals surface area (Å²) in [7, 11) is 0. The van der Waals surface area contributed by atoms with E-state index in [1.807, 2.05) is 18.3 Å². The highest BCUT2D eigenvalue weighted by atomic mass is 15.2. The second kappa shape index (κ2) is 6.71. The van der Waals surface area contributed by atoms with Gasteiger partial charge in [-0.25, -0.2) is 4.98 Å². The highest BCUT2D eigenvalue weighted by Gasteiger charge is 2.16. The first-order valence-electron chi connectivity index (χ1n) is 6.91. The maximum Gasteiger partial charge on any atom is 0.133 e. The van der Waals surface area contributed by atoms with Crippen LogP contribution in [0.5, 0.6) is 0 Å². The van der Waals surface area contributed by atoms with E-state index in [0.29, 0.717) is 6.04 Å². The normalized spacial score (nSPS) is 11.7. The molecule has 0 saturated carbocycles. The summed E-state index contributed by atoms with van der Waals surface area (Å²) in [6, 6.07) is 4.54. The molecular weight excluding hydrogens is 234 g/mol. The third kappa shape index (κ3) is 5.03. The lowest BCUT2D eigenvalue weighted by atomic mass is 10.1. The van der Waals surface area contributed by atoms with Gasteiger partial charge in [0.2, 0.25) is 0 Å². The Bertz CT molecular complexity index is 405. The molecule has 0 atom stereocenters. The van der Waals surface area contributed by atoms with E-state index in [1.165, 1.54) is 5.56 Å². The fourth-order valence-electron chi connectivity index (χ4n) is 1.87. The van der Waals surface area contributed by atoms with Crippen LogP contribution < -0.4 is 10.2 Å². The molecule has 0 aliphatic carbocycles. The molecule has 3 nitrogen and oxygen atoms in total. The van der Waals surface area contributed by atoms with E-state index in [2.05, 4.69) is 62.5 Å². The number of rotatable bonds is 6. The van der Waals surface area contributed by atoms with Gasteiger partial charge in [-0.05, 0) is 40.7 Å². The van der Waals surface area contributed by atoms with E-state index in [0.717, 1.165) is 18.9 Å². The van der Waals surface area contributed by atoms with Crippen molar-refractivity contribution >= 4 is 5.82 Å². The van der Waals surface area contributed by atoms with Crippen LogP contribution in [-0.2, 0) is 6.54 Å². The Balaban J connectivity index is 2.96. The molecule has 1 aromatic heterocycles. The van der Waals surface area contributed by atoms with Gasteiger partial charge in [-0.2, -0.15) is 0 Å². The third-order valence-corrected chi connectivity index (χ3v) is 2.90. The Morgan fingerprint density at radius 3 is 2.63 bits per heavy atom. The van der Waals surface area contributed by atoms with Gasteiger partial charge in [0.05, 0.1) is 0 Å². The van der Waals surface area contributed by atoms with Gasteiger partial charge >= 0.3 is 0 Å². The summed E-state index contributed by atoms with van der Waals surface area (Å²) in [4.78, 5) is 6.83. The zero-order valence-corrected chi connectivity index (χ0v) is 12.9. The Kier molecular flexibility index (Phi) is 5.55. The van der Waals surface area contributed by atoms with Crippen LogP contribution in [0, 0.1) is 0 Å². The maximum absolute atomic E-state index is 4.56. The number of pyridine rings is 1. The van der Waals surface area contributed by atoms with Crippen molar-refractivity contribution < 1.29 is 0 Å². The first-order chi connectivity index (χ1) is 8.85. The van der Waals surface area contributed by atoms with Gasteiger partial charge in [-0.15, -0.1) is 6.58 Å². The molecular formula is C16H27N3. The molecule has 0 fully saturated rings. The topological polar surface area (TPSA) is 28.2 Å². The standard InChI is InChI=1S/C16H27N3/c1-7-11-19(13(2)3)15-14(9-8-10-17-15)12-18-16(4,5)6/h7-10,13,18H,1,11-12H2,2-6H3. The van der Waals surface area contributed by atoms with Crippen LogP contribution in [0.25, 0.3) is 0 Å². The average Bonchev–Trinajstić information content (AvgIpc) is 2.33. The highest BCUT2D eigenvalue weighted by molar-refractivity contribution is 5.48. The quantitative estimate of drug-likeness (QED) is 0.796. The number of nitrogens with zero attached hydrogens (tertiary/aromatic N) is 2. The second-order valence-electron chi connectivity index (χ2n) is 6.12. The lowest BCUT2D eigenvalue weighted by Gasteiger charge is -2.29. The van der Waals surface area contributed by atoms with Crippen molar-refractivity contribution in [1.82, 2.24) is 10.3 Å². The zero-order valence-electron chi connectivity index (χ0n) is 12.9. The van der Waals surface area contributed by atoms with Crippen LogP contribution in [0.1, 0.15) is 40.2 Å². The van der Waals surface area contributed by atoms with Crippen molar-refractivity contribution in [2.24, 2.45) is 0 Å². The lowest BCUT2D eigenvalue weighted by Crippen LogP contribution is -2.37. The van der Waals surface area contributed by atoms with Crippen LogP contribution in [0.4, 0.5) is 5.82 Å². The summed E-state index contributed by atoms with van der Waals surface area (Å²) >= 11 is 0. The van der Waals surface area contributed by atoms with Gasteiger partial charge in [0.15, 0.2) is 0 Å². The van der Waals surface area contributed by atoms with Gasteiger partial charge in [0.25, 0.3) is 0 Å². The van der Waals surface area contributed by atoms with E-state index in [4.69, 9.17) is 0 Å². The summed E-state index contributed by atoms with van der Waals surface area (Å²) in [6.07, 6.45) is 3.78. The van der Waals surface area contributed by atoms with Crippen molar-refractivity contribution in [3.05, 3.63) is 36.5 Å². The zero-order chi connectivity index (χ0) is 14.5. The SMILES string of the molecule is C=CCN(c1ncccc1CNC(C)(C)C)C(C)C. The molecule has 0 aliphatic heterocycles. The molecule has 0 spiro atoms. The Labute approximate surface area is 117 Å². The maximum atomic E-state index is 4.56. The molecule has 0 radical (unpaired) electrons. The van der Waals surface area contributed by atoms with Gasteiger partial charge in [-0.3, -0.25) is 0 Å². The van der Waals surface area contributed by atoms with Crippen LogP contribution >= 0.6 is 0 Å². The van der Waals surface area contributed by atoms with E-state index in [9.17, 15) is 0 Å². The van der Waals surface area contributed by atoms with E-state index in [1.54, 1.807) is 0 Å². The minimum atomic E-state index is 0.105. The molecule has 1 aromatic rings. The smallest absolute Gasteiger partial charge is 0.133 e. The molecule has 1 rings (SSSR count). The largest absolute Gasteiger partial charge is 0.350 e. The van der Waals surface area contributed by atoms with Gasteiger partial charge in [-0.1, -0.05) is 12.1 Å². The number of nitrogens with one attached hydrogen (secondary N) is 1. The predicted octanol–water partition coefficient (Wildman–Crippen LogP) is 3.37. The molecule has 0 saturated heterocycles. The summed E-state index contributed by atoms with van der Waals surface area (Å²) in [5, 5.41) is 3.52. The first-order valence-corrected chi connectivity index (χ1v) is 6.91. The molecule has 19 heavy (non-hydrogen) atoms. The van der Waals surface area contributed by atoms with Gasteiger partial charge < -0.3 is 10.2 Å². The van der Waals surface area contributed by atoms with Crippen LogP contribution in [-0.4, -0.2) is 23.1 Å². The molecule has 1 heterocycles. The average molecular weight is 261 g/mol. The molecule has 0 aliphatic rings. The van der Waals surface area contributed by atoms with Crippen LogP contribution in [0.15, 0.2) is 31.0 Å². The molecule has 1 N–H and O–H groups in total. The summed E-state index contributed by atoms with van der Waals surface area (Å²) in [5.74, 6) is 1.05. The third-order valence-electron chi connectivity index (χ3n) is 2.90. The van der Waals surface area contributed by atoms with Crippen molar-refractivity contribution in [2.75, 3.05) is 11.4 Å². The van der Waals surface area contributed by atoms with Crippen LogP contribution in [0.3, 0.4) is 0 Å². The summed E-state index contributed by atoms with van der Waals surface area (Å²) in [5.41, 5.74) is 1.33. The van der Waals surface area contributed by atoms with E-state index >= 15 is 0 Å². The number of hydrogen-bond donors (Lipinski definition) is 1. The van der Waals surface area contributed by atoms with E-state index < -0.39 is 0 Å². The highest BCUT2D eigenvalue weighted by Crippen LogP contribution is 2.20. The monoisotopic (exact) mass is 261 g/mol. The van der Waals surface area contributed by atoms with Gasteiger partial charge in [0.1, 0.15) is 5.82 Å². The fraction of sp³-hybridized carbons (Fsp3) is 0.562. The fourth-order valence-corrected chi connectivity index (χ4v) is 1.87. The van der Waals surface area contributed by atoms with E-state index in [-0.39, 0.29) is 5.54 Å². The minimum absolute atomic E-state index is 0.105. The van der Waals surface area contributed by atoms with Crippen molar-refractivity contribution in [3.63, 3.8) is 0 Å². The summed E-state index contributed by atoms with van der Waals surface area (Å²) in [6.45, 7) is 16.4. The predicted molar refractivity (Wildman–Crippen MR) is 83.5 cm³/mol. The number of aromatic nitrogens is 1. The Morgan fingerprint density at radius 1 is 1.42 bits per heavy atom. The van der Waals surface area contributed by atoms with Crippen molar-refractivity contribution in [1.29, 1.82) is 0 Å². The minimum Gasteiger partial charge on any atom is -0.350 e. The number of anilines is 1. The summed E-state index contributed by atoms with van der Waals surface area (Å²) < 4.78 is 0. The molecule has 0 amide bonds. The lowest BCUT2D eigenvalue weighted by molar-refractivity contribution is 0.424.